The summed E-state index contributed by atoms with van der Waals surface area (Å²) in [5.41, 5.74) is -0.388. The highest BCUT2D eigenvalue weighted by Crippen LogP contribution is 2.25. The largest absolute Gasteiger partial charge is 0.438 e. The summed E-state index contributed by atoms with van der Waals surface area (Å²) in [5.74, 6) is -0.235. The van der Waals surface area contributed by atoms with Gasteiger partial charge in [0.15, 0.2) is 0 Å². The van der Waals surface area contributed by atoms with Gasteiger partial charge in [0.2, 0.25) is 5.88 Å². The number of nitrogens with one attached hydrogen (secondary N) is 1. The lowest BCUT2D eigenvalue weighted by atomic mass is 10.1. The van der Waals surface area contributed by atoms with Gasteiger partial charge in [0.1, 0.15) is 28.6 Å². The topological polar surface area (TPSA) is 106 Å². The lowest BCUT2D eigenvalue weighted by Gasteiger charge is -2.10. The number of benzene rings is 1. The van der Waals surface area contributed by atoms with Crippen LogP contribution in [0, 0.1) is 11.3 Å². The van der Waals surface area contributed by atoms with E-state index in [4.69, 9.17) is 21.1 Å². The molecule has 1 aromatic carbocycles. The molecule has 3 aromatic rings. The fourth-order valence-corrected chi connectivity index (χ4v) is 2.83. The zero-order valence-corrected chi connectivity index (χ0v) is 17.4. The fourth-order valence-electron chi connectivity index (χ4n) is 2.70. The summed E-state index contributed by atoms with van der Waals surface area (Å²) in [6.07, 6.45) is 3.32. The number of fused-ring (bicyclic) bond motifs is 1. The molecule has 0 bridgehead atoms. The van der Waals surface area contributed by atoms with Crippen LogP contribution in [0.1, 0.15) is 12.0 Å². The summed E-state index contributed by atoms with van der Waals surface area (Å²) in [5, 5.41) is 12.6. The number of halogens is 1. The minimum Gasteiger partial charge on any atom is -0.438 e. The van der Waals surface area contributed by atoms with Crippen molar-refractivity contribution in [1.29, 1.82) is 5.26 Å². The van der Waals surface area contributed by atoms with Crippen molar-refractivity contribution >= 4 is 29.2 Å². The van der Waals surface area contributed by atoms with Crippen LogP contribution in [0.2, 0.25) is 5.02 Å². The number of methoxy groups -OCH3 is 1. The van der Waals surface area contributed by atoms with Crippen molar-refractivity contribution < 1.29 is 14.3 Å². The summed E-state index contributed by atoms with van der Waals surface area (Å²) >= 11 is 5.91. The van der Waals surface area contributed by atoms with E-state index in [9.17, 15) is 14.9 Å². The Morgan fingerprint density at radius 2 is 2.06 bits per heavy atom. The van der Waals surface area contributed by atoms with Gasteiger partial charge in [-0.2, -0.15) is 10.2 Å². The zero-order valence-electron chi connectivity index (χ0n) is 16.7. The van der Waals surface area contributed by atoms with Gasteiger partial charge in [-0.1, -0.05) is 17.7 Å². The minimum atomic E-state index is -0.603. The summed E-state index contributed by atoms with van der Waals surface area (Å²) in [6.45, 7) is 0.801. The maximum Gasteiger partial charge on any atom is 0.269 e. The Labute approximate surface area is 183 Å². The zero-order chi connectivity index (χ0) is 22.2. The molecule has 0 aliphatic carbocycles. The number of hydrogen-bond donors (Lipinski definition) is 1. The van der Waals surface area contributed by atoms with Gasteiger partial charge in [-0.25, -0.2) is 0 Å². The number of carbonyl (C=O) groups is 1. The summed E-state index contributed by atoms with van der Waals surface area (Å²) < 4.78 is 12.1. The fraction of sp³-hybridized carbons (Fsp3) is 0.182. The monoisotopic (exact) mass is 438 g/mol. The van der Waals surface area contributed by atoms with Gasteiger partial charge in [-0.3, -0.25) is 14.0 Å². The number of aromatic nitrogens is 2. The second-order valence-corrected chi connectivity index (χ2v) is 6.83. The number of amides is 1. The van der Waals surface area contributed by atoms with Gasteiger partial charge in [-0.05, 0) is 48.9 Å². The number of nitriles is 1. The van der Waals surface area contributed by atoms with E-state index in [1.54, 1.807) is 55.8 Å². The standard InChI is InChI=1S/C22H19ClN4O4/c1-30-12-4-10-25-20(28)15(14-24)13-18-21(31-17-8-6-16(23)7-9-17)26-19-5-2-3-11-27(19)22(18)29/h2-3,5-9,11,13H,4,10,12H2,1H3,(H,25,28). The average Bonchev–Trinajstić information content (AvgIpc) is 2.78. The number of hydrogen-bond acceptors (Lipinski definition) is 6. The Kier molecular flexibility index (Phi) is 7.38. The third kappa shape index (κ3) is 5.48. The number of pyridine rings is 1. The van der Waals surface area contributed by atoms with Crippen molar-refractivity contribution in [1.82, 2.24) is 14.7 Å². The van der Waals surface area contributed by atoms with E-state index in [2.05, 4.69) is 10.3 Å². The van der Waals surface area contributed by atoms with Crippen molar-refractivity contribution in [3.05, 3.63) is 75.2 Å². The van der Waals surface area contributed by atoms with Gasteiger partial charge in [0.05, 0.1) is 0 Å². The first-order valence-electron chi connectivity index (χ1n) is 9.37. The molecular weight excluding hydrogens is 420 g/mol. The van der Waals surface area contributed by atoms with Crippen LogP contribution in [-0.2, 0) is 9.53 Å². The Bertz CT molecular complexity index is 1210. The van der Waals surface area contributed by atoms with E-state index >= 15 is 0 Å². The third-order valence-electron chi connectivity index (χ3n) is 4.23. The molecule has 1 N–H and O–H groups in total. The van der Waals surface area contributed by atoms with Crippen molar-refractivity contribution in [2.24, 2.45) is 0 Å². The van der Waals surface area contributed by atoms with Crippen LogP contribution in [0.25, 0.3) is 11.7 Å². The van der Waals surface area contributed by atoms with Crippen LogP contribution in [0.5, 0.6) is 11.6 Å². The van der Waals surface area contributed by atoms with Gasteiger partial charge in [0.25, 0.3) is 11.5 Å². The van der Waals surface area contributed by atoms with Crippen LogP contribution in [0.4, 0.5) is 0 Å². The quantitative estimate of drug-likeness (QED) is 0.329. The molecule has 9 heteroatoms. The van der Waals surface area contributed by atoms with Gasteiger partial charge >= 0.3 is 0 Å². The van der Waals surface area contributed by atoms with Crippen LogP contribution < -0.4 is 15.6 Å². The van der Waals surface area contributed by atoms with Crippen LogP contribution in [0.3, 0.4) is 0 Å². The molecule has 158 valence electrons. The second kappa shape index (κ2) is 10.4. The highest BCUT2D eigenvalue weighted by molar-refractivity contribution is 6.30. The molecule has 0 fully saturated rings. The molecule has 0 atom stereocenters. The number of nitrogens with zero attached hydrogens (tertiary/aromatic N) is 3. The molecule has 0 saturated carbocycles. The predicted octanol–water partition coefficient (Wildman–Crippen LogP) is 3.20. The normalized spacial score (nSPS) is 11.2. The first-order chi connectivity index (χ1) is 15.0. The molecular formula is C22H19ClN4O4. The summed E-state index contributed by atoms with van der Waals surface area (Å²) in [7, 11) is 1.56. The highest BCUT2D eigenvalue weighted by atomic mass is 35.5. The average molecular weight is 439 g/mol. The van der Waals surface area contributed by atoms with E-state index in [0.29, 0.717) is 36.0 Å². The van der Waals surface area contributed by atoms with Crippen LogP contribution in [0.15, 0.2) is 59.0 Å². The Hall–Kier alpha value is -3.67. The Morgan fingerprint density at radius 3 is 2.77 bits per heavy atom. The number of rotatable bonds is 8. The molecule has 8 nitrogen and oxygen atoms in total. The predicted molar refractivity (Wildman–Crippen MR) is 116 cm³/mol. The van der Waals surface area contributed by atoms with E-state index in [-0.39, 0.29) is 17.0 Å². The molecule has 0 radical (unpaired) electrons. The van der Waals surface area contributed by atoms with Gasteiger partial charge < -0.3 is 14.8 Å². The van der Waals surface area contributed by atoms with E-state index < -0.39 is 11.5 Å². The van der Waals surface area contributed by atoms with Crippen molar-refractivity contribution in [3.63, 3.8) is 0 Å². The molecule has 3 rings (SSSR count). The molecule has 0 unspecified atom stereocenters. The smallest absolute Gasteiger partial charge is 0.269 e. The van der Waals surface area contributed by atoms with Crippen molar-refractivity contribution in [2.45, 2.75) is 6.42 Å². The first kappa shape index (κ1) is 22.0. The molecule has 0 saturated heterocycles. The highest BCUT2D eigenvalue weighted by Gasteiger charge is 2.17. The van der Waals surface area contributed by atoms with Gasteiger partial charge in [0, 0.05) is 31.5 Å². The van der Waals surface area contributed by atoms with Crippen LogP contribution in [-0.4, -0.2) is 35.6 Å². The maximum absolute atomic E-state index is 13.1. The van der Waals surface area contributed by atoms with Crippen molar-refractivity contribution in [3.8, 4) is 17.7 Å². The lowest BCUT2D eigenvalue weighted by Crippen LogP contribution is -2.27. The second-order valence-electron chi connectivity index (χ2n) is 6.39. The molecule has 31 heavy (non-hydrogen) atoms. The molecule has 0 aliphatic heterocycles. The van der Waals surface area contributed by atoms with Crippen LogP contribution >= 0.6 is 11.6 Å². The van der Waals surface area contributed by atoms with E-state index in [1.165, 1.54) is 10.5 Å². The number of ether oxygens (including phenoxy) is 2. The first-order valence-corrected chi connectivity index (χ1v) is 9.75. The molecule has 0 aliphatic rings. The number of carbonyl (C=O) groups excluding carboxylic acids is 1. The Morgan fingerprint density at radius 1 is 1.29 bits per heavy atom. The van der Waals surface area contributed by atoms with Crippen molar-refractivity contribution in [2.75, 3.05) is 20.3 Å². The summed E-state index contributed by atoms with van der Waals surface area (Å²) in [4.78, 5) is 29.9. The minimum absolute atomic E-state index is 0.0257. The van der Waals surface area contributed by atoms with E-state index in [0.717, 1.165) is 0 Å². The molecule has 2 aromatic heterocycles. The molecule has 0 spiro atoms. The summed E-state index contributed by atoms with van der Waals surface area (Å²) in [6, 6.07) is 13.4. The molecule has 1 amide bonds. The lowest BCUT2D eigenvalue weighted by molar-refractivity contribution is -0.117. The SMILES string of the molecule is COCCCNC(=O)C(C#N)=Cc1c(Oc2ccc(Cl)cc2)nc2ccccn2c1=O. The molecule has 2 heterocycles. The Balaban J connectivity index is 2.04. The van der Waals surface area contributed by atoms with E-state index in [1.807, 2.05) is 6.07 Å². The van der Waals surface area contributed by atoms with Gasteiger partial charge in [-0.15, -0.1) is 0 Å². The third-order valence-corrected chi connectivity index (χ3v) is 4.48. The maximum atomic E-state index is 13.1.